The Balaban J connectivity index is 0.000000686. The van der Waals surface area contributed by atoms with Crippen molar-refractivity contribution < 1.29 is 4.74 Å². The highest BCUT2D eigenvalue weighted by Crippen LogP contribution is 2.39. The van der Waals surface area contributed by atoms with E-state index in [4.69, 9.17) is 34.7 Å². The van der Waals surface area contributed by atoms with Crippen LogP contribution in [0.2, 0.25) is 5.02 Å². The molecule has 0 saturated carbocycles. The Labute approximate surface area is 114 Å². The number of hydrogen-bond acceptors (Lipinski definition) is 3. The molecule has 0 aromatic heterocycles. The fourth-order valence-corrected chi connectivity index (χ4v) is 2.32. The average molecular weight is 274 g/mol. The van der Waals surface area contributed by atoms with Crippen molar-refractivity contribution in [2.45, 2.75) is 31.4 Å². The molecule has 0 radical (unpaired) electrons. The van der Waals surface area contributed by atoms with Gasteiger partial charge in [-0.15, -0.1) is 0 Å². The Hall–Kier alpha value is -0.380. The minimum atomic E-state index is -0.115. The molecule has 0 unspecified atom stereocenters. The van der Waals surface area contributed by atoms with E-state index in [1.54, 1.807) is 0 Å². The molecule has 0 aliphatic carbocycles. The van der Waals surface area contributed by atoms with Crippen LogP contribution < -0.4 is 5.73 Å². The highest BCUT2D eigenvalue weighted by Gasteiger charge is 2.30. The van der Waals surface area contributed by atoms with E-state index in [1.807, 2.05) is 32.0 Å². The van der Waals surface area contributed by atoms with Gasteiger partial charge in [-0.1, -0.05) is 31.5 Å². The second-order valence-electron chi connectivity index (χ2n) is 3.88. The van der Waals surface area contributed by atoms with Crippen LogP contribution in [0.5, 0.6) is 0 Å². The molecule has 0 atom stereocenters. The molecule has 17 heavy (non-hydrogen) atoms. The van der Waals surface area contributed by atoms with Crippen molar-refractivity contribution in [2.75, 3.05) is 18.9 Å². The first-order valence-corrected chi connectivity index (χ1v) is 6.80. The summed E-state index contributed by atoms with van der Waals surface area (Å²) in [7, 11) is 0. The Morgan fingerprint density at radius 2 is 1.88 bits per heavy atom. The molecule has 1 saturated heterocycles. The zero-order valence-electron chi connectivity index (χ0n) is 10.4. The summed E-state index contributed by atoms with van der Waals surface area (Å²) in [4.78, 5) is 0. The Kier molecular flexibility index (Phi) is 5.63. The number of ether oxygens (including phenoxy) is 1. The highest BCUT2D eigenvalue weighted by molar-refractivity contribution is 7.81. The fraction of sp³-hybridized carbons (Fsp3) is 0.538. The van der Waals surface area contributed by atoms with E-state index in [-0.39, 0.29) is 4.75 Å². The molecule has 2 N–H and O–H groups in total. The molecule has 0 spiro atoms. The Morgan fingerprint density at radius 1 is 1.29 bits per heavy atom. The Morgan fingerprint density at radius 3 is 2.41 bits per heavy atom. The zero-order valence-corrected chi connectivity index (χ0v) is 12.0. The lowest BCUT2D eigenvalue weighted by Gasteiger charge is -2.33. The van der Waals surface area contributed by atoms with Crippen LogP contribution in [0, 0.1) is 0 Å². The Bertz CT molecular complexity index is 364. The molecule has 1 aliphatic heterocycles. The summed E-state index contributed by atoms with van der Waals surface area (Å²) in [6.45, 7) is 5.51. The fourth-order valence-electron chi connectivity index (χ4n) is 1.81. The lowest BCUT2D eigenvalue weighted by atomic mass is 9.90. The van der Waals surface area contributed by atoms with E-state index >= 15 is 0 Å². The van der Waals surface area contributed by atoms with E-state index < -0.39 is 0 Å². The van der Waals surface area contributed by atoms with Crippen LogP contribution in [0.3, 0.4) is 0 Å². The van der Waals surface area contributed by atoms with Crippen LogP contribution in [0.25, 0.3) is 0 Å². The van der Waals surface area contributed by atoms with Gasteiger partial charge in [0, 0.05) is 18.0 Å². The number of thiol groups is 1. The van der Waals surface area contributed by atoms with E-state index in [0.29, 0.717) is 10.7 Å². The third-order valence-electron chi connectivity index (χ3n) is 2.86. The second-order valence-corrected chi connectivity index (χ2v) is 5.14. The maximum absolute atomic E-state index is 6.00. The van der Waals surface area contributed by atoms with Crippen molar-refractivity contribution in [1.29, 1.82) is 0 Å². The van der Waals surface area contributed by atoms with Crippen LogP contribution in [-0.2, 0) is 9.48 Å². The van der Waals surface area contributed by atoms with Gasteiger partial charge in [0.2, 0.25) is 0 Å². The molecule has 96 valence electrons. The summed E-state index contributed by atoms with van der Waals surface area (Å²) in [5.41, 5.74) is 7.43. The third-order valence-corrected chi connectivity index (χ3v) is 3.89. The first-order valence-electron chi connectivity index (χ1n) is 5.97. The molecule has 1 aliphatic rings. The standard InChI is InChI=1S/C11H14ClNOS.C2H6/c12-9-7-8(1-2-10(9)13)11(15)3-5-14-6-4-11;1-2/h1-2,7,15H,3-6,13H2;1-2H3. The molecule has 0 bridgehead atoms. The van der Waals surface area contributed by atoms with Gasteiger partial charge in [-0.05, 0) is 30.5 Å². The molecular formula is C13H20ClNOS. The summed E-state index contributed by atoms with van der Waals surface area (Å²) < 4.78 is 5.22. The van der Waals surface area contributed by atoms with Gasteiger partial charge in [-0.25, -0.2) is 0 Å². The summed E-state index contributed by atoms with van der Waals surface area (Å²) >= 11 is 10.7. The maximum Gasteiger partial charge on any atom is 0.0638 e. The number of rotatable bonds is 1. The van der Waals surface area contributed by atoms with Gasteiger partial charge in [-0.2, -0.15) is 12.6 Å². The lowest BCUT2D eigenvalue weighted by molar-refractivity contribution is 0.0774. The molecule has 1 aromatic rings. The van der Waals surface area contributed by atoms with E-state index in [0.717, 1.165) is 31.6 Å². The first-order chi connectivity index (χ1) is 8.12. The third kappa shape index (κ3) is 3.54. The minimum absolute atomic E-state index is 0.115. The monoisotopic (exact) mass is 273 g/mol. The smallest absolute Gasteiger partial charge is 0.0638 e. The summed E-state index contributed by atoms with van der Waals surface area (Å²) in [6.07, 6.45) is 1.83. The quantitative estimate of drug-likeness (QED) is 0.602. The van der Waals surface area contributed by atoms with Crippen LogP contribution in [0.4, 0.5) is 5.69 Å². The molecule has 2 rings (SSSR count). The van der Waals surface area contributed by atoms with E-state index in [2.05, 4.69) is 0 Å². The van der Waals surface area contributed by atoms with Crippen molar-refractivity contribution in [3.8, 4) is 0 Å². The first kappa shape index (κ1) is 14.7. The maximum atomic E-state index is 6.00. The topological polar surface area (TPSA) is 35.2 Å². The van der Waals surface area contributed by atoms with E-state index in [9.17, 15) is 0 Å². The molecule has 0 amide bonds. The predicted octanol–water partition coefficient (Wildman–Crippen LogP) is 3.88. The largest absolute Gasteiger partial charge is 0.398 e. The highest BCUT2D eigenvalue weighted by atomic mass is 35.5. The number of nitrogen functional groups attached to an aromatic ring is 1. The molecule has 1 aromatic carbocycles. The van der Waals surface area contributed by atoms with Crippen LogP contribution in [0.15, 0.2) is 18.2 Å². The van der Waals surface area contributed by atoms with Gasteiger partial charge in [0.1, 0.15) is 0 Å². The molecule has 1 fully saturated rings. The summed E-state index contributed by atoms with van der Waals surface area (Å²) in [6, 6.07) is 5.75. The van der Waals surface area contributed by atoms with Crippen LogP contribution in [0.1, 0.15) is 32.3 Å². The summed E-state index contributed by atoms with van der Waals surface area (Å²) in [5, 5.41) is 0.604. The predicted molar refractivity (Wildman–Crippen MR) is 77.9 cm³/mol. The van der Waals surface area contributed by atoms with E-state index in [1.165, 1.54) is 0 Å². The number of nitrogens with two attached hydrogens (primary N) is 1. The minimum Gasteiger partial charge on any atom is -0.398 e. The van der Waals surface area contributed by atoms with Crippen molar-refractivity contribution in [2.24, 2.45) is 0 Å². The van der Waals surface area contributed by atoms with Crippen molar-refractivity contribution in [3.63, 3.8) is 0 Å². The van der Waals surface area contributed by atoms with Gasteiger partial charge in [0.15, 0.2) is 0 Å². The molecule has 2 nitrogen and oxygen atoms in total. The molecular weight excluding hydrogens is 254 g/mol. The van der Waals surface area contributed by atoms with Crippen molar-refractivity contribution in [1.82, 2.24) is 0 Å². The normalized spacial score (nSPS) is 18.1. The van der Waals surface area contributed by atoms with Gasteiger partial charge in [0.05, 0.1) is 10.7 Å². The number of hydrogen-bond donors (Lipinski definition) is 2. The number of anilines is 1. The average Bonchev–Trinajstić information content (AvgIpc) is 2.36. The van der Waals surface area contributed by atoms with Crippen molar-refractivity contribution >= 4 is 29.9 Å². The van der Waals surface area contributed by atoms with Gasteiger partial charge in [0.25, 0.3) is 0 Å². The molecule has 1 heterocycles. The number of halogens is 1. The number of benzene rings is 1. The zero-order chi connectivity index (χ0) is 12.9. The molecule has 4 heteroatoms. The second kappa shape index (κ2) is 6.53. The van der Waals surface area contributed by atoms with Gasteiger partial charge >= 0.3 is 0 Å². The van der Waals surface area contributed by atoms with Gasteiger partial charge < -0.3 is 10.5 Å². The SMILES string of the molecule is CC.Nc1ccc(C2(S)CCOCC2)cc1Cl. The summed E-state index contributed by atoms with van der Waals surface area (Å²) in [5.74, 6) is 0. The lowest BCUT2D eigenvalue weighted by Crippen LogP contribution is -2.28. The van der Waals surface area contributed by atoms with Crippen LogP contribution >= 0.6 is 24.2 Å². The van der Waals surface area contributed by atoms with Crippen molar-refractivity contribution in [3.05, 3.63) is 28.8 Å². The van der Waals surface area contributed by atoms with Gasteiger partial charge in [-0.3, -0.25) is 0 Å². The van der Waals surface area contributed by atoms with Crippen LogP contribution in [-0.4, -0.2) is 13.2 Å².